The Hall–Kier alpha value is -1.40. The molecule has 110 valence electrons. The number of carbonyl (C=O) groups excluding carboxylic acids is 1. The Balaban J connectivity index is 2.55. The summed E-state index contributed by atoms with van der Waals surface area (Å²) in [6.45, 7) is 0. The summed E-state index contributed by atoms with van der Waals surface area (Å²) in [4.78, 5) is 12.6. The van der Waals surface area contributed by atoms with Crippen LogP contribution < -0.4 is 9.47 Å². The van der Waals surface area contributed by atoms with E-state index in [0.29, 0.717) is 26.0 Å². The van der Waals surface area contributed by atoms with Crippen molar-refractivity contribution in [1.82, 2.24) is 0 Å². The Labute approximate surface area is 138 Å². The molecule has 0 heterocycles. The second kappa shape index (κ2) is 6.58. The third-order valence-electron chi connectivity index (χ3n) is 2.86. The minimum absolute atomic E-state index is 0.234. The lowest BCUT2D eigenvalue weighted by molar-refractivity contribution is 0.103. The van der Waals surface area contributed by atoms with E-state index in [4.69, 9.17) is 9.47 Å². The summed E-state index contributed by atoms with van der Waals surface area (Å²) >= 11 is 6.51. The number of carbonyl (C=O) groups is 1. The maximum absolute atomic E-state index is 13.4. The van der Waals surface area contributed by atoms with Crippen molar-refractivity contribution in [2.75, 3.05) is 14.2 Å². The fourth-order valence-electron chi connectivity index (χ4n) is 1.91. The number of methoxy groups -OCH3 is 2. The van der Waals surface area contributed by atoms with Crippen LogP contribution in [0.2, 0.25) is 0 Å². The van der Waals surface area contributed by atoms with Gasteiger partial charge in [-0.2, -0.15) is 0 Å². The Bertz CT molecular complexity index is 681. The molecule has 0 amide bonds. The van der Waals surface area contributed by atoms with E-state index in [1.807, 2.05) is 0 Å². The van der Waals surface area contributed by atoms with Crippen molar-refractivity contribution in [3.8, 4) is 11.5 Å². The molecule has 0 aliphatic carbocycles. The van der Waals surface area contributed by atoms with Crippen molar-refractivity contribution in [3.05, 3.63) is 56.2 Å². The number of halogens is 3. The Morgan fingerprint density at radius 2 is 1.81 bits per heavy atom. The number of ketones is 1. The molecular weight excluding hydrogens is 407 g/mol. The standard InChI is InChI=1S/C15H11Br2FO3/c1-20-12-4-3-11(15(21-2)13(12)17)14(19)8-5-9(16)7-10(18)6-8/h3-7H,1-2H3. The highest BCUT2D eigenvalue weighted by molar-refractivity contribution is 9.11. The van der Waals surface area contributed by atoms with Gasteiger partial charge in [-0.25, -0.2) is 4.39 Å². The van der Waals surface area contributed by atoms with Crippen molar-refractivity contribution in [2.24, 2.45) is 0 Å². The van der Waals surface area contributed by atoms with Crippen molar-refractivity contribution in [1.29, 1.82) is 0 Å². The average Bonchev–Trinajstić information content (AvgIpc) is 2.45. The molecule has 21 heavy (non-hydrogen) atoms. The smallest absolute Gasteiger partial charge is 0.196 e. The fraction of sp³-hybridized carbons (Fsp3) is 0.133. The molecule has 3 nitrogen and oxygen atoms in total. The average molecular weight is 418 g/mol. The Morgan fingerprint density at radius 3 is 2.38 bits per heavy atom. The molecule has 0 fully saturated rings. The van der Waals surface area contributed by atoms with Gasteiger partial charge in [0.25, 0.3) is 0 Å². The van der Waals surface area contributed by atoms with Crippen LogP contribution in [-0.2, 0) is 0 Å². The first-order chi connectivity index (χ1) is 9.97. The highest BCUT2D eigenvalue weighted by Crippen LogP contribution is 2.38. The molecule has 6 heteroatoms. The molecule has 2 aromatic carbocycles. The highest BCUT2D eigenvalue weighted by atomic mass is 79.9. The van der Waals surface area contributed by atoms with E-state index in [2.05, 4.69) is 31.9 Å². The number of hydrogen-bond acceptors (Lipinski definition) is 3. The molecule has 0 aliphatic rings. The van der Waals surface area contributed by atoms with Gasteiger partial charge in [-0.05, 0) is 46.3 Å². The second-order valence-corrected chi connectivity index (χ2v) is 5.86. The van der Waals surface area contributed by atoms with Gasteiger partial charge in [0.1, 0.15) is 21.8 Å². The quantitative estimate of drug-likeness (QED) is 0.682. The first kappa shape index (κ1) is 16.0. The van der Waals surface area contributed by atoms with Crippen molar-refractivity contribution in [2.45, 2.75) is 0 Å². The zero-order valence-electron chi connectivity index (χ0n) is 11.2. The molecule has 0 aliphatic heterocycles. The Kier molecular flexibility index (Phi) is 5.00. The van der Waals surface area contributed by atoms with E-state index >= 15 is 0 Å². The summed E-state index contributed by atoms with van der Waals surface area (Å²) in [5.41, 5.74) is 0.555. The van der Waals surface area contributed by atoms with E-state index in [9.17, 15) is 9.18 Å². The van der Waals surface area contributed by atoms with Crippen LogP contribution in [0.1, 0.15) is 15.9 Å². The van der Waals surface area contributed by atoms with Gasteiger partial charge in [0.15, 0.2) is 5.78 Å². The van der Waals surface area contributed by atoms with Crippen molar-refractivity contribution in [3.63, 3.8) is 0 Å². The molecule has 0 saturated heterocycles. The number of rotatable bonds is 4. The molecule has 0 radical (unpaired) electrons. The summed E-state index contributed by atoms with van der Waals surface area (Å²) in [6, 6.07) is 7.27. The maximum atomic E-state index is 13.4. The van der Waals surface area contributed by atoms with E-state index in [-0.39, 0.29) is 11.3 Å². The summed E-state index contributed by atoms with van der Waals surface area (Å²) in [7, 11) is 2.97. The summed E-state index contributed by atoms with van der Waals surface area (Å²) in [6.07, 6.45) is 0. The monoisotopic (exact) mass is 416 g/mol. The third-order valence-corrected chi connectivity index (χ3v) is 4.06. The van der Waals surface area contributed by atoms with E-state index in [1.54, 1.807) is 18.2 Å². The molecule has 2 aromatic rings. The van der Waals surface area contributed by atoms with Gasteiger partial charge in [-0.1, -0.05) is 15.9 Å². The van der Waals surface area contributed by atoms with Gasteiger partial charge in [0.2, 0.25) is 0 Å². The van der Waals surface area contributed by atoms with Crippen LogP contribution in [0, 0.1) is 5.82 Å². The van der Waals surface area contributed by atoms with E-state index in [0.717, 1.165) is 0 Å². The molecule has 0 saturated carbocycles. The van der Waals surface area contributed by atoms with Crippen LogP contribution in [0.5, 0.6) is 11.5 Å². The second-order valence-electron chi connectivity index (χ2n) is 4.15. The van der Waals surface area contributed by atoms with Crippen LogP contribution in [0.4, 0.5) is 4.39 Å². The van der Waals surface area contributed by atoms with Gasteiger partial charge >= 0.3 is 0 Å². The molecule has 0 aromatic heterocycles. The maximum Gasteiger partial charge on any atom is 0.196 e. The highest BCUT2D eigenvalue weighted by Gasteiger charge is 2.20. The van der Waals surface area contributed by atoms with Gasteiger partial charge in [0.05, 0.1) is 19.8 Å². The van der Waals surface area contributed by atoms with Gasteiger partial charge in [-0.3, -0.25) is 4.79 Å². The van der Waals surface area contributed by atoms with E-state index in [1.165, 1.54) is 26.4 Å². The number of hydrogen-bond donors (Lipinski definition) is 0. The van der Waals surface area contributed by atoms with Gasteiger partial charge in [0, 0.05) is 10.0 Å². The first-order valence-electron chi connectivity index (χ1n) is 5.89. The normalized spacial score (nSPS) is 10.3. The van der Waals surface area contributed by atoms with Crippen molar-refractivity contribution >= 4 is 37.6 Å². The van der Waals surface area contributed by atoms with E-state index < -0.39 is 5.82 Å². The topological polar surface area (TPSA) is 35.5 Å². The van der Waals surface area contributed by atoms with Crippen LogP contribution in [0.3, 0.4) is 0 Å². The lowest BCUT2D eigenvalue weighted by atomic mass is 10.0. The Morgan fingerprint density at radius 1 is 1.10 bits per heavy atom. The molecule has 0 spiro atoms. The summed E-state index contributed by atoms with van der Waals surface area (Å²) in [5, 5.41) is 0. The zero-order valence-corrected chi connectivity index (χ0v) is 14.4. The predicted molar refractivity (Wildman–Crippen MR) is 84.8 cm³/mol. The van der Waals surface area contributed by atoms with Gasteiger partial charge in [-0.15, -0.1) is 0 Å². The predicted octanol–water partition coefficient (Wildman–Crippen LogP) is 4.60. The molecular formula is C15H11Br2FO3. The third kappa shape index (κ3) is 3.27. The first-order valence-corrected chi connectivity index (χ1v) is 7.47. The largest absolute Gasteiger partial charge is 0.495 e. The number of benzene rings is 2. The minimum atomic E-state index is -0.487. The van der Waals surface area contributed by atoms with Crippen molar-refractivity contribution < 1.29 is 18.7 Å². The minimum Gasteiger partial charge on any atom is -0.495 e. The summed E-state index contributed by atoms with van der Waals surface area (Å²) < 4.78 is 24.9. The SMILES string of the molecule is COc1ccc(C(=O)c2cc(F)cc(Br)c2)c(OC)c1Br. The fourth-order valence-corrected chi connectivity index (χ4v) is 3.05. The van der Waals surface area contributed by atoms with Crippen LogP contribution in [0.15, 0.2) is 39.3 Å². The van der Waals surface area contributed by atoms with Crippen LogP contribution in [-0.4, -0.2) is 20.0 Å². The molecule has 2 rings (SSSR count). The van der Waals surface area contributed by atoms with Crippen LogP contribution in [0.25, 0.3) is 0 Å². The molecule has 0 atom stereocenters. The molecule has 0 unspecified atom stereocenters. The molecule has 0 bridgehead atoms. The zero-order chi connectivity index (χ0) is 15.6. The van der Waals surface area contributed by atoms with Crippen LogP contribution >= 0.6 is 31.9 Å². The van der Waals surface area contributed by atoms with Gasteiger partial charge < -0.3 is 9.47 Å². The number of ether oxygens (including phenoxy) is 2. The molecule has 0 N–H and O–H groups in total. The summed E-state index contributed by atoms with van der Waals surface area (Å²) in [5.74, 6) is 0.0678. The lowest BCUT2D eigenvalue weighted by Gasteiger charge is -2.13. The lowest BCUT2D eigenvalue weighted by Crippen LogP contribution is -2.05.